The van der Waals surface area contributed by atoms with Gasteiger partial charge in [0.25, 0.3) is 5.91 Å². The third kappa shape index (κ3) is 3.67. The van der Waals surface area contributed by atoms with Gasteiger partial charge in [-0.1, -0.05) is 6.07 Å². The molecular weight excluding hydrogens is 304 g/mol. The second-order valence-electron chi connectivity index (χ2n) is 5.96. The lowest BCUT2D eigenvalue weighted by molar-refractivity contribution is 0.0955. The number of ether oxygens (including phenoxy) is 2. The number of fused-ring (bicyclic) bond motifs is 1. The van der Waals surface area contributed by atoms with Crippen LogP contribution < -0.4 is 14.8 Å². The van der Waals surface area contributed by atoms with Gasteiger partial charge in [0.05, 0.1) is 19.3 Å². The van der Waals surface area contributed by atoms with Gasteiger partial charge in [-0.3, -0.25) is 9.78 Å². The minimum absolute atomic E-state index is 0.0829. The zero-order valence-corrected chi connectivity index (χ0v) is 14.0. The summed E-state index contributed by atoms with van der Waals surface area (Å²) in [4.78, 5) is 16.2. The van der Waals surface area contributed by atoms with E-state index in [2.05, 4.69) is 16.4 Å². The minimum Gasteiger partial charge on any atom is -0.497 e. The monoisotopic (exact) mass is 326 g/mol. The molecule has 0 saturated heterocycles. The van der Waals surface area contributed by atoms with Crippen molar-refractivity contribution in [3.05, 3.63) is 53.3 Å². The van der Waals surface area contributed by atoms with Crippen molar-refractivity contribution < 1.29 is 14.3 Å². The van der Waals surface area contributed by atoms with Crippen LogP contribution in [0.1, 0.15) is 28.5 Å². The first-order chi connectivity index (χ1) is 11.7. The molecule has 5 heteroatoms. The summed E-state index contributed by atoms with van der Waals surface area (Å²) in [7, 11) is 1.66. The first-order valence-corrected chi connectivity index (χ1v) is 8.22. The Morgan fingerprint density at radius 2 is 2.25 bits per heavy atom. The normalized spacial score (nSPS) is 16.0. The average Bonchev–Trinajstić information content (AvgIpc) is 2.62. The van der Waals surface area contributed by atoms with Crippen LogP contribution in [0.25, 0.3) is 0 Å². The second-order valence-corrected chi connectivity index (χ2v) is 5.96. The van der Waals surface area contributed by atoms with E-state index in [-0.39, 0.29) is 5.91 Å². The van der Waals surface area contributed by atoms with Crippen molar-refractivity contribution >= 4 is 5.91 Å². The van der Waals surface area contributed by atoms with E-state index in [0.717, 1.165) is 30.0 Å². The highest BCUT2D eigenvalue weighted by atomic mass is 16.5. The van der Waals surface area contributed by atoms with Gasteiger partial charge in [0, 0.05) is 30.4 Å². The molecule has 0 spiro atoms. The summed E-state index contributed by atoms with van der Waals surface area (Å²) < 4.78 is 11.1. The zero-order chi connectivity index (χ0) is 16.9. The lowest BCUT2D eigenvalue weighted by Crippen LogP contribution is -2.24. The predicted octanol–water partition coefficient (Wildman–Crippen LogP) is 2.63. The Morgan fingerprint density at radius 1 is 1.38 bits per heavy atom. The Balaban J connectivity index is 1.63. The molecule has 1 aliphatic rings. The van der Waals surface area contributed by atoms with E-state index in [1.807, 2.05) is 31.2 Å². The van der Waals surface area contributed by atoms with E-state index in [9.17, 15) is 4.79 Å². The van der Waals surface area contributed by atoms with Crippen molar-refractivity contribution in [2.45, 2.75) is 19.8 Å². The molecule has 0 fully saturated rings. The molecule has 1 amide bonds. The Morgan fingerprint density at radius 3 is 2.96 bits per heavy atom. The maximum absolute atomic E-state index is 11.8. The third-order valence-corrected chi connectivity index (χ3v) is 4.18. The van der Waals surface area contributed by atoms with Crippen LogP contribution in [0.3, 0.4) is 0 Å². The number of aromatic nitrogens is 1. The summed E-state index contributed by atoms with van der Waals surface area (Å²) in [5.41, 5.74) is 2.78. The molecule has 5 nitrogen and oxygen atoms in total. The van der Waals surface area contributed by atoms with Crippen molar-refractivity contribution in [3.63, 3.8) is 0 Å². The van der Waals surface area contributed by atoms with Gasteiger partial charge in [0.2, 0.25) is 0 Å². The number of hydrogen-bond donors (Lipinski definition) is 1. The maximum Gasteiger partial charge on any atom is 0.252 e. The van der Waals surface area contributed by atoms with Crippen LogP contribution in [-0.4, -0.2) is 31.2 Å². The van der Waals surface area contributed by atoms with Crippen molar-refractivity contribution in [2.75, 3.05) is 20.3 Å². The van der Waals surface area contributed by atoms with Gasteiger partial charge in [-0.15, -0.1) is 0 Å². The molecule has 3 rings (SSSR count). The number of amides is 1. The van der Waals surface area contributed by atoms with Crippen molar-refractivity contribution in [1.29, 1.82) is 0 Å². The zero-order valence-electron chi connectivity index (χ0n) is 14.0. The summed E-state index contributed by atoms with van der Waals surface area (Å²) in [5.74, 6) is 2.02. The number of carbonyl (C=O) groups is 1. The molecule has 1 N–H and O–H groups in total. The smallest absolute Gasteiger partial charge is 0.252 e. The third-order valence-electron chi connectivity index (χ3n) is 4.18. The van der Waals surface area contributed by atoms with Crippen LogP contribution in [-0.2, 0) is 12.8 Å². The molecule has 0 unspecified atom stereocenters. The fraction of sp³-hybridized carbons (Fsp3) is 0.368. The van der Waals surface area contributed by atoms with Gasteiger partial charge < -0.3 is 14.8 Å². The first kappa shape index (κ1) is 16.3. The molecule has 1 aromatic heterocycles. The number of methoxy groups -OCH3 is 1. The first-order valence-electron chi connectivity index (χ1n) is 8.22. The van der Waals surface area contributed by atoms with Crippen LogP contribution in [0.5, 0.6) is 11.5 Å². The molecule has 0 radical (unpaired) electrons. The van der Waals surface area contributed by atoms with Crippen LogP contribution in [0.2, 0.25) is 0 Å². The largest absolute Gasteiger partial charge is 0.497 e. The van der Waals surface area contributed by atoms with Gasteiger partial charge >= 0.3 is 0 Å². The van der Waals surface area contributed by atoms with Gasteiger partial charge in [-0.25, -0.2) is 0 Å². The summed E-state index contributed by atoms with van der Waals surface area (Å²) in [5, 5.41) is 2.77. The standard InChI is InChI=1S/C19H22N2O3/c1-3-20-19(22)15-4-6-16(21-11-15)9-13-8-14-5-7-17(23-2)10-18(14)24-12-13/h4-7,10-11,13H,3,8-9,12H2,1-2H3,(H,20,22)/t13-/m1/s1. The number of hydrogen-bond acceptors (Lipinski definition) is 4. The molecule has 0 bridgehead atoms. The molecular formula is C19H22N2O3. The van der Waals surface area contributed by atoms with E-state index in [1.54, 1.807) is 13.3 Å². The van der Waals surface area contributed by atoms with Gasteiger partial charge in [-0.05, 0) is 43.5 Å². The van der Waals surface area contributed by atoms with Crippen molar-refractivity contribution in [3.8, 4) is 11.5 Å². The molecule has 1 atom stereocenters. The highest BCUT2D eigenvalue weighted by molar-refractivity contribution is 5.93. The van der Waals surface area contributed by atoms with E-state index in [0.29, 0.717) is 24.6 Å². The lowest BCUT2D eigenvalue weighted by Gasteiger charge is -2.25. The van der Waals surface area contributed by atoms with Crippen molar-refractivity contribution in [1.82, 2.24) is 10.3 Å². The Labute approximate surface area is 142 Å². The molecule has 126 valence electrons. The van der Waals surface area contributed by atoms with Crippen LogP contribution in [0.15, 0.2) is 36.5 Å². The molecule has 0 saturated carbocycles. The van der Waals surface area contributed by atoms with Gasteiger partial charge in [0.1, 0.15) is 11.5 Å². The SMILES string of the molecule is CCNC(=O)c1ccc(C[C@@H]2COc3cc(OC)ccc3C2)nc1. The fourth-order valence-electron chi connectivity index (χ4n) is 2.91. The highest BCUT2D eigenvalue weighted by Crippen LogP contribution is 2.31. The number of pyridine rings is 1. The molecule has 2 heterocycles. The summed E-state index contributed by atoms with van der Waals surface area (Å²) in [6.45, 7) is 3.18. The predicted molar refractivity (Wildman–Crippen MR) is 91.6 cm³/mol. The van der Waals surface area contributed by atoms with E-state index >= 15 is 0 Å². The Bertz CT molecular complexity index is 713. The molecule has 1 aliphatic heterocycles. The molecule has 0 aliphatic carbocycles. The average molecular weight is 326 g/mol. The number of carbonyl (C=O) groups excluding carboxylic acids is 1. The molecule has 2 aromatic rings. The van der Waals surface area contributed by atoms with Crippen LogP contribution >= 0.6 is 0 Å². The lowest BCUT2D eigenvalue weighted by atomic mass is 9.92. The summed E-state index contributed by atoms with van der Waals surface area (Å²) >= 11 is 0. The number of nitrogens with one attached hydrogen (secondary N) is 1. The molecule has 24 heavy (non-hydrogen) atoms. The molecule has 1 aromatic carbocycles. The van der Waals surface area contributed by atoms with E-state index in [1.165, 1.54) is 5.56 Å². The van der Waals surface area contributed by atoms with Crippen molar-refractivity contribution in [2.24, 2.45) is 5.92 Å². The topological polar surface area (TPSA) is 60.5 Å². The quantitative estimate of drug-likeness (QED) is 0.917. The Hall–Kier alpha value is -2.56. The van der Waals surface area contributed by atoms with Gasteiger partial charge in [0.15, 0.2) is 0 Å². The van der Waals surface area contributed by atoms with E-state index < -0.39 is 0 Å². The maximum atomic E-state index is 11.8. The summed E-state index contributed by atoms with van der Waals surface area (Å²) in [6, 6.07) is 9.71. The van der Waals surface area contributed by atoms with Gasteiger partial charge in [-0.2, -0.15) is 0 Å². The van der Waals surface area contributed by atoms with E-state index in [4.69, 9.17) is 9.47 Å². The Kier molecular flexibility index (Phi) is 4.99. The number of nitrogens with zero attached hydrogens (tertiary/aromatic N) is 1. The minimum atomic E-state index is -0.0829. The summed E-state index contributed by atoms with van der Waals surface area (Å²) in [6.07, 6.45) is 3.43. The number of rotatable bonds is 5. The fourth-order valence-corrected chi connectivity index (χ4v) is 2.91. The van der Waals surface area contributed by atoms with Crippen LogP contribution in [0.4, 0.5) is 0 Å². The van der Waals surface area contributed by atoms with Crippen LogP contribution in [0, 0.1) is 5.92 Å². The highest BCUT2D eigenvalue weighted by Gasteiger charge is 2.21. The second kappa shape index (κ2) is 7.34. The number of benzene rings is 1.